The van der Waals surface area contributed by atoms with E-state index in [0.717, 1.165) is 29.9 Å². The van der Waals surface area contributed by atoms with E-state index in [1.807, 2.05) is 30.4 Å². The van der Waals surface area contributed by atoms with Crippen molar-refractivity contribution in [3.63, 3.8) is 0 Å². The topological polar surface area (TPSA) is 72.8 Å². The maximum absolute atomic E-state index is 12.2. The highest BCUT2D eigenvalue weighted by Gasteiger charge is 2.06. The quantitative estimate of drug-likeness (QED) is 0.719. The third-order valence-corrected chi connectivity index (χ3v) is 4.55. The molecule has 0 aliphatic carbocycles. The fourth-order valence-corrected chi connectivity index (χ4v) is 3.05. The molecule has 2 aromatic carbocycles. The molecule has 0 fully saturated rings. The number of aromatic amines is 1. The lowest BCUT2D eigenvalue weighted by atomic mass is 10.1. The van der Waals surface area contributed by atoms with Crippen LogP contribution in [0.4, 0.5) is 5.69 Å². The van der Waals surface area contributed by atoms with Crippen LogP contribution in [-0.2, 0) is 0 Å². The molecule has 0 saturated heterocycles. The van der Waals surface area contributed by atoms with E-state index in [2.05, 4.69) is 53.0 Å². The van der Waals surface area contributed by atoms with E-state index in [4.69, 9.17) is 5.26 Å². The van der Waals surface area contributed by atoms with Gasteiger partial charge in [-0.1, -0.05) is 24.3 Å². The summed E-state index contributed by atoms with van der Waals surface area (Å²) in [6, 6.07) is 15.7. The van der Waals surface area contributed by atoms with Crippen LogP contribution in [0, 0.1) is 18.3 Å². The first-order chi connectivity index (χ1) is 13.1. The van der Waals surface area contributed by atoms with Crippen LogP contribution in [0.25, 0.3) is 23.1 Å². The van der Waals surface area contributed by atoms with Gasteiger partial charge in [0, 0.05) is 18.8 Å². The number of fused-ring (bicyclic) bond motifs is 1. The number of aromatic nitrogens is 2. The molecule has 27 heavy (non-hydrogen) atoms. The third-order valence-electron chi connectivity index (χ3n) is 4.55. The fourth-order valence-electron chi connectivity index (χ4n) is 3.05. The Bertz CT molecular complexity index is 1080. The summed E-state index contributed by atoms with van der Waals surface area (Å²) in [5, 5.41) is 9.39. The molecule has 0 aliphatic rings. The maximum Gasteiger partial charge on any atom is 0.259 e. The molecule has 1 heterocycles. The molecule has 0 saturated carbocycles. The van der Waals surface area contributed by atoms with Crippen LogP contribution in [-0.4, -0.2) is 23.1 Å². The van der Waals surface area contributed by atoms with Gasteiger partial charge in [0.05, 0.1) is 23.4 Å². The molecular formula is C22H22N4O. The molecule has 5 nitrogen and oxygen atoms in total. The van der Waals surface area contributed by atoms with Crippen molar-refractivity contribution in [2.45, 2.75) is 20.3 Å². The molecule has 1 N–H and O–H groups in total. The largest absolute Gasteiger partial charge is 0.371 e. The van der Waals surface area contributed by atoms with Gasteiger partial charge in [-0.25, -0.2) is 4.98 Å². The average Bonchev–Trinajstić information content (AvgIpc) is 2.68. The van der Waals surface area contributed by atoms with E-state index >= 15 is 0 Å². The number of benzene rings is 2. The molecule has 5 heteroatoms. The van der Waals surface area contributed by atoms with E-state index < -0.39 is 0 Å². The summed E-state index contributed by atoms with van der Waals surface area (Å²) >= 11 is 0. The van der Waals surface area contributed by atoms with E-state index in [-0.39, 0.29) is 5.56 Å². The first kappa shape index (κ1) is 18.4. The summed E-state index contributed by atoms with van der Waals surface area (Å²) in [5.74, 6) is 0.534. The number of nitrogens with zero attached hydrogens (tertiary/aromatic N) is 3. The minimum Gasteiger partial charge on any atom is -0.371 e. The molecule has 0 unspecified atom stereocenters. The first-order valence-electron chi connectivity index (χ1n) is 9.02. The Morgan fingerprint density at radius 3 is 2.78 bits per heavy atom. The van der Waals surface area contributed by atoms with Crippen molar-refractivity contribution >= 4 is 28.7 Å². The second-order valence-corrected chi connectivity index (χ2v) is 6.33. The van der Waals surface area contributed by atoms with Gasteiger partial charge in [0.25, 0.3) is 5.56 Å². The molecular weight excluding hydrogens is 336 g/mol. The molecule has 136 valence electrons. The van der Waals surface area contributed by atoms with Crippen molar-refractivity contribution in [3.05, 3.63) is 69.8 Å². The van der Waals surface area contributed by atoms with Gasteiger partial charge < -0.3 is 9.88 Å². The van der Waals surface area contributed by atoms with Crippen molar-refractivity contribution in [1.29, 1.82) is 5.26 Å². The second kappa shape index (κ2) is 8.33. The lowest BCUT2D eigenvalue weighted by Crippen LogP contribution is -2.23. The smallest absolute Gasteiger partial charge is 0.259 e. The molecule has 0 spiro atoms. The Kier molecular flexibility index (Phi) is 5.68. The Morgan fingerprint density at radius 2 is 2.04 bits per heavy atom. The summed E-state index contributed by atoms with van der Waals surface area (Å²) in [6.45, 7) is 5.72. The van der Waals surface area contributed by atoms with Gasteiger partial charge >= 0.3 is 0 Å². The molecule has 0 bridgehead atoms. The molecule has 3 rings (SSSR count). The van der Waals surface area contributed by atoms with Crippen LogP contribution >= 0.6 is 0 Å². The zero-order valence-electron chi connectivity index (χ0n) is 15.6. The second-order valence-electron chi connectivity index (χ2n) is 6.33. The van der Waals surface area contributed by atoms with Crippen LogP contribution in [0.5, 0.6) is 0 Å². The zero-order chi connectivity index (χ0) is 19.2. The van der Waals surface area contributed by atoms with Crippen LogP contribution in [0.2, 0.25) is 0 Å². The van der Waals surface area contributed by atoms with Crippen LogP contribution in [0.3, 0.4) is 0 Å². The van der Waals surface area contributed by atoms with Gasteiger partial charge in [-0.3, -0.25) is 4.79 Å². The number of rotatable bonds is 6. The van der Waals surface area contributed by atoms with E-state index in [0.29, 0.717) is 23.1 Å². The van der Waals surface area contributed by atoms with Crippen molar-refractivity contribution in [3.8, 4) is 6.07 Å². The molecule has 0 aliphatic heterocycles. The number of hydrogen-bond acceptors (Lipinski definition) is 4. The Morgan fingerprint density at radius 1 is 1.22 bits per heavy atom. The Hall–Kier alpha value is -3.39. The van der Waals surface area contributed by atoms with Crippen LogP contribution in [0.1, 0.15) is 30.3 Å². The summed E-state index contributed by atoms with van der Waals surface area (Å²) in [6.07, 6.45) is 4.29. The number of anilines is 1. The predicted octanol–water partition coefficient (Wildman–Crippen LogP) is 4.14. The average molecular weight is 358 g/mol. The standard InChI is InChI=1S/C22H22N4O/c1-3-26(14-6-13-23)18-11-9-17(16(2)15-18)10-12-21-24-20-8-5-4-7-19(20)22(27)25-21/h4-5,7-12,15H,3,6,14H2,1-2H3,(H,24,25,27)/b12-10+. The van der Waals surface area contributed by atoms with Crippen molar-refractivity contribution in [2.24, 2.45) is 0 Å². The van der Waals surface area contributed by atoms with Gasteiger partial charge in [-0.05, 0) is 55.3 Å². The summed E-state index contributed by atoms with van der Waals surface area (Å²) in [5.41, 5.74) is 3.85. The Labute approximate surface area is 158 Å². The lowest BCUT2D eigenvalue weighted by Gasteiger charge is -2.22. The van der Waals surface area contributed by atoms with E-state index in [9.17, 15) is 4.79 Å². The minimum absolute atomic E-state index is 0.136. The third kappa shape index (κ3) is 4.24. The maximum atomic E-state index is 12.2. The van der Waals surface area contributed by atoms with Crippen molar-refractivity contribution in [2.75, 3.05) is 18.0 Å². The van der Waals surface area contributed by atoms with Gasteiger partial charge in [0.2, 0.25) is 0 Å². The lowest BCUT2D eigenvalue weighted by molar-refractivity contribution is 0.826. The number of H-pyrrole nitrogens is 1. The number of aryl methyl sites for hydroxylation is 1. The monoisotopic (exact) mass is 358 g/mol. The Balaban J connectivity index is 1.85. The highest BCUT2D eigenvalue weighted by Crippen LogP contribution is 2.21. The SMILES string of the molecule is CCN(CCC#N)c1ccc(/C=C/c2nc3ccccc3c(=O)[nH]2)c(C)c1. The van der Waals surface area contributed by atoms with Gasteiger partial charge in [-0.2, -0.15) is 5.26 Å². The van der Waals surface area contributed by atoms with E-state index in [1.165, 1.54) is 0 Å². The molecule has 0 atom stereocenters. The van der Waals surface area contributed by atoms with Gasteiger partial charge in [0.1, 0.15) is 5.82 Å². The normalized spacial score (nSPS) is 11.0. The molecule has 0 amide bonds. The summed E-state index contributed by atoms with van der Waals surface area (Å²) < 4.78 is 0. The number of hydrogen-bond donors (Lipinski definition) is 1. The molecule has 3 aromatic rings. The van der Waals surface area contributed by atoms with Crippen molar-refractivity contribution < 1.29 is 0 Å². The summed E-state index contributed by atoms with van der Waals surface area (Å²) in [7, 11) is 0. The predicted molar refractivity (Wildman–Crippen MR) is 111 cm³/mol. The molecule has 0 radical (unpaired) electrons. The zero-order valence-corrected chi connectivity index (χ0v) is 15.6. The number of nitriles is 1. The fraction of sp³-hybridized carbons (Fsp3) is 0.227. The van der Waals surface area contributed by atoms with Gasteiger partial charge in [-0.15, -0.1) is 0 Å². The summed E-state index contributed by atoms with van der Waals surface area (Å²) in [4.78, 5) is 21.6. The van der Waals surface area contributed by atoms with Crippen LogP contribution in [0.15, 0.2) is 47.3 Å². The number of para-hydroxylation sites is 1. The molecule has 1 aromatic heterocycles. The minimum atomic E-state index is -0.136. The van der Waals surface area contributed by atoms with Crippen molar-refractivity contribution in [1.82, 2.24) is 9.97 Å². The van der Waals surface area contributed by atoms with Gasteiger partial charge in [0.15, 0.2) is 0 Å². The number of nitrogens with one attached hydrogen (secondary N) is 1. The van der Waals surface area contributed by atoms with E-state index in [1.54, 1.807) is 6.07 Å². The highest BCUT2D eigenvalue weighted by molar-refractivity contribution is 5.79. The highest BCUT2D eigenvalue weighted by atomic mass is 16.1. The first-order valence-corrected chi connectivity index (χ1v) is 9.02. The van der Waals surface area contributed by atoms with Crippen LogP contribution < -0.4 is 10.5 Å².